The molecule has 2 aromatic carbocycles. The fraction of sp³-hybridized carbons (Fsp3) is 0.273. The third-order valence-corrected chi connectivity index (χ3v) is 5.54. The van der Waals surface area contributed by atoms with Crippen LogP contribution in [-0.2, 0) is 9.53 Å². The molecule has 29 heavy (non-hydrogen) atoms. The first-order chi connectivity index (χ1) is 14.1. The van der Waals surface area contributed by atoms with Crippen molar-refractivity contribution in [3.05, 3.63) is 77.2 Å². The second-order valence-corrected chi connectivity index (χ2v) is 7.37. The third-order valence-electron chi connectivity index (χ3n) is 5.24. The number of nitrogens with one attached hydrogen (secondary N) is 1. The second-order valence-electron chi connectivity index (χ2n) is 6.98. The highest BCUT2D eigenvalue weighted by molar-refractivity contribution is 7.80. The molecule has 5 nitrogen and oxygen atoms in total. The molecular weight excluding hydrogens is 389 g/mol. The molecule has 0 radical (unpaired) electrons. The van der Waals surface area contributed by atoms with E-state index in [1.54, 1.807) is 23.1 Å². The van der Waals surface area contributed by atoms with Gasteiger partial charge in [-0.15, -0.1) is 0 Å². The Morgan fingerprint density at radius 3 is 2.45 bits per heavy atom. The molecule has 1 saturated heterocycles. The Morgan fingerprint density at radius 2 is 1.76 bits per heavy atom. The van der Waals surface area contributed by atoms with E-state index in [-0.39, 0.29) is 11.7 Å². The second kappa shape index (κ2) is 8.31. The van der Waals surface area contributed by atoms with E-state index in [1.165, 1.54) is 6.07 Å². The molecule has 0 bridgehead atoms. The first kappa shape index (κ1) is 19.5. The van der Waals surface area contributed by atoms with Gasteiger partial charge in [-0.25, -0.2) is 4.39 Å². The zero-order valence-electron chi connectivity index (χ0n) is 16.1. The number of amides is 1. The van der Waals surface area contributed by atoms with Crippen LogP contribution in [0.3, 0.4) is 0 Å². The lowest BCUT2D eigenvalue weighted by Gasteiger charge is -2.40. The van der Waals surface area contributed by atoms with E-state index >= 15 is 0 Å². The van der Waals surface area contributed by atoms with Gasteiger partial charge in [0.1, 0.15) is 5.82 Å². The van der Waals surface area contributed by atoms with Crippen molar-refractivity contribution in [3.8, 4) is 0 Å². The van der Waals surface area contributed by atoms with Gasteiger partial charge in [0.2, 0.25) is 0 Å². The van der Waals surface area contributed by atoms with E-state index in [0.29, 0.717) is 48.2 Å². The number of morpholine rings is 1. The maximum Gasteiger partial charge on any atom is 0.254 e. The Morgan fingerprint density at radius 1 is 1.10 bits per heavy atom. The van der Waals surface area contributed by atoms with Crippen LogP contribution in [-0.4, -0.2) is 42.2 Å². The molecule has 1 unspecified atom stereocenters. The van der Waals surface area contributed by atoms with Crippen LogP contribution in [0, 0.1) is 5.82 Å². The number of nitrogens with zero attached hydrogens (tertiary/aromatic N) is 2. The van der Waals surface area contributed by atoms with Gasteiger partial charge < -0.3 is 15.0 Å². The standard InChI is InChI=1S/C22H22FN3O2S/c1-15-19(21(27)25-11-13-28-14-12-25)20(17-9-5-6-10-18(17)23)24-22(29)26(15)16-7-3-2-4-8-16/h2-10,20H,11-14H2,1H3,(H,24,29). The van der Waals surface area contributed by atoms with Gasteiger partial charge in [-0.1, -0.05) is 36.4 Å². The summed E-state index contributed by atoms with van der Waals surface area (Å²) in [5.41, 5.74) is 2.44. The van der Waals surface area contributed by atoms with E-state index in [4.69, 9.17) is 17.0 Å². The number of ether oxygens (including phenoxy) is 1. The Bertz CT molecular complexity index is 958. The van der Waals surface area contributed by atoms with Crippen LogP contribution in [0.1, 0.15) is 18.5 Å². The summed E-state index contributed by atoms with van der Waals surface area (Å²) in [7, 11) is 0. The van der Waals surface area contributed by atoms with Crippen LogP contribution in [0.25, 0.3) is 0 Å². The lowest BCUT2D eigenvalue weighted by Crippen LogP contribution is -2.51. The van der Waals surface area contributed by atoms with Crippen LogP contribution in [0.15, 0.2) is 65.9 Å². The average Bonchev–Trinajstić information content (AvgIpc) is 2.75. The Balaban J connectivity index is 1.83. The van der Waals surface area contributed by atoms with Crippen molar-refractivity contribution in [1.82, 2.24) is 10.2 Å². The number of hydrogen-bond acceptors (Lipinski definition) is 3. The van der Waals surface area contributed by atoms with Crippen molar-refractivity contribution >= 4 is 28.9 Å². The van der Waals surface area contributed by atoms with Gasteiger partial charge in [0.25, 0.3) is 5.91 Å². The molecule has 1 atom stereocenters. The lowest BCUT2D eigenvalue weighted by atomic mass is 9.93. The van der Waals surface area contributed by atoms with Crippen molar-refractivity contribution in [2.24, 2.45) is 0 Å². The number of rotatable bonds is 3. The average molecular weight is 412 g/mol. The minimum absolute atomic E-state index is 0.130. The molecule has 0 spiro atoms. The minimum Gasteiger partial charge on any atom is -0.378 e. The van der Waals surface area contributed by atoms with Crippen molar-refractivity contribution in [3.63, 3.8) is 0 Å². The quantitative estimate of drug-likeness (QED) is 0.785. The number of halogens is 1. The maximum atomic E-state index is 14.7. The summed E-state index contributed by atoms with van der Waals surface area (Å²) in [4.78, 5) is 17.1. The summed E-state index contributed by atoms with van der Waals surface area (Å²) in [5.74, 6) is -0.504. The maximum absolute atomic E-state index is 14.7. The fourth-order valence-electron chi connectivity index (χ4n) is 3.79. The molecule has 1 amide bonds. The highest BCUT2D eigenvalue weighted by atomic mass is 32.1. The summed E-state index contributed by atoms with van der Waals surface area (Å²) in [5, 5.41) is 3.63. The van der Waals surface area contributed by atoms with Gasteiger partial charge in [0.15, 0.2) is 5.11 Å². The number of carbonyl (C=O) groups is 1. The summed E-state index contributed by atoms with van der Waals surface area (Å²) < 4.78 is 20.0. The molecule has 4 rings (SSSR count). The molecule has 1 fully saturated rings. The van der Waals surface area contributed by atoms with Gasteiger partial charge in [0.05, 0.1) is 24.8 Å². The first-order valence-electron chi connectivity index (χ1n) is 9.56. The number of hydrogen-bond donors (Lipinski definition) is 1. The molecular formula is C22H22FN3O2S. The smallest absolute Gasteiger partial charge is 0.254 e. The van der Waals surface area contributed by atoms with Crippen LogP contribution < -0.4 is 10.2 Å². The molecule has 2 aliphatic heterocycles. The van der Waals surface area contributed by atoms with E-state index in [9.17, 15) is 9.18 Å². The van der Waals surface area contributed by atoms with Gasteiger partial charge in [0, 0.05) is 30.0 Å². The number of anilines is 1. The predicted octanol–water partition coefficient (Wildman–Crippen LogP) is 3.39. The lowest BCUT2D eigenvalue weighted by molar-refractivity contribution is -0.131. The third kappa shape index (κ3) is 3.75. The summed E-state index contributed by atoms with van der Waals surface area (Å²) in [6.07, 6.45) is 0. The molecule has 0 aromatic heterocycles. The topological polar surface area (TPSA) is 44.8 Å². The normalized spacial score (nSPS) is 19.9. The highest BCUT2D eigenvalue weighted by Crippen LogP contribution is 2.35. The number of para-hydroxylation sites is 1. The van der Waals surface area contributed by atoms with Crippen LogP contribution >= 0.6 is 12.2 Å². The van der Waals surface area contributed by atoms with Gasteiger partial charge in [-0.3, -0.25) is 9.69 Å². The van der Waals surface area contributed by atoms with Crippen LogP contribution in [0.2, 0.25) is 0 Å². The molecule has 2 heterocycles. The Labute approximate surface area is 174 Å². The molecule has 2 aromatic rings. The fourth-order valence-corrected chi connectivity index (χ4v) is 4.15. The zero-order valence-corrected chi connectivity index (χ0v) is 16.9. The first-order valence-corrected chi connectivity index (χ1v) is 9.96. The zero-order chi connectivity index (χ0) is 20.4. The van der Waals surface area contributed by atoms with Gasteiger partial charge in [-0.2, -0.15) is 0 Å². The molecule has 1 N–H and O–H groups in total. The van der Waals surface area contributed by atoms with Crippen molar-refractivity contribution in [2.75, 3.05) is 31.2 Å². The number of allylic oxidation sites excluding steroid dienone is 1. The number of benzene rings is 2. The highest BCUT2D eigenvalue weighted by Gasteiger charge is 2.37. The number of carbonyl (C=O) groups excluding carboxylic acids is 1. The van der Waals surface area contributed by atoms with E-state index in [1.807, 2.05) is 42.2 Å². The largest absolute Gasteiger partial charge is 0.378 e. The van der Waals surface area contributed by atoms with Crippen molar-refractivity contribution in [1.29, 1.82) is 0 Å². The minimum atomic E-state index is -0.654. The molecule has 7 heteroatoms. The van der Waals surface area contributed by atoms with Crippen molar-refractivity contribution in [2.45, 2.75) is 13.0 Å². The summed E-state index contributed by atoms with van der Waals surface area (Å²) in [6, 6.07) is 15.4. The molecule has 150 valence electrons. The predicted molar refractivity (Wildman–Crippen MR) is 114 cm³/mol. The van der Waals surface area contributed by atoms with E-state index < -0.39 is 6.04 Å². The van der Waals surface area contributed by atoms with Crippen LogP contribution in [0.5, 0.6) is 0 Å². The van der Waals surface area contributed by atoms with Gasteiger partial charge >= 0.3 is 0 Å². The monoisotopic (exact) mass is 411 g/mol. The van der Waals surface area contributed by atoms with Gasteiger partial charge in [-0.05, 0) is 37.3 Å². The number of thiocarbonyl (C=S) groups is 1. The Kier molecular flexibility index (Phi) is 5.60. The summed E-state index contributed by atoms with van der Waals surface area (Å²) in [6.45, 7) is 3.87. The molecule has 2 aliphatic rings. The van der Waals surface area contributed by atoms with E-state index in [0.717, 1.165) is 5.69 Å². The molecule has 0 saturated carbocycles. The molecule has 0 aliphatic carbocycles. The van der Waals surface area contributed by atoms with E-state index in [2.05, 4.69) is 5.32 Å². The SMILES string of the molecule is CC1=C(C(=O)N2CCOCC2)C(c2ccccc2F)NC(=S)N1c1ccccc1. The Hall–Kier alpha value is -2.77. The van der Waals surface area contributed by atoms with Crippen LogP contribution in [0.4, 0.5) is 10.1 Å². The van der Waals surface area contributed by atoms with Crippen molar-refractivity contribution < 1.29 is 13.9 Å². The summed E-state index contributed by atoms with van der Waals surface area (Å²) >= 11 is 5.62.